The smallest absolute Gasteiger partial charge is 0.164 e. The van der Waals surface area contributed by atoms with Gasteiger partial charge in [-0.2, -0.15) is 0 Å². The van der Waals surface area contributed by atoms with Gasteiger partial charge >= 0.3 is 0 Å². The zero-order chi connectivity index (χ0) is 44.1. The fraction of sp³-hybridized carbons (Fsp3) is 0.0161. The van der Waals surface area contributed by atoms with E-state index in [1.807, 2.05) is 36.0 Å². The Hall–Kier alpha value is -8.38. The van der Waals surface area contributed by atoms with Gasteiger partial charge in [-0.25, -0.2) is 15.0 Å². The Morgan fingerprint density at radius 1 is 0.373 bits per heavy atom. The molecule has 0 atom stereocenters. The zero-order valence-corrected chi connectivity index (χ0v) is 37.0. The van der Waals surface area contributed by atoms with Crippen molar-refractivity contribution in [1.82, 2.24) is 19.5 Å². The summed E-state index contributed by atoms with van der Waals surface area (Å²) < 4.78 is 2.50. The molecule has 0 saturated heterocycles. The van der Waals surface area contributed by atoms with Gasteiger partial charge in [0.25, 0.3) is 0 Å². The van der Waals surface area contributed by atoms with Crippen molar-refractivity contribution in [2.75, 3.05) is 0 Å². The molecule has 4 nitrogen and oxygen atoms in total. The van der Waals surface area contributed by atoms with E-state index in [-0.39, 0.29) is 0 Å². The van der Waals surface area contributed by atoms with Crippen LogP contribution in [0.5, 0.6) is 0 Å². The van der Waals surface area contributed by atoms with E-state index in [9.17, 15) is 0 Å². The monoisotopic (exact) mass is 870 g/mol. The summed E-state index contributed by atoms with van der Waals surface area (Å²) in [4.78, 5) is 18.1. The number of rotatable bonds is 5. The van der Waals surface area contributed by atoms with Crippen molar-refractivity contribution < 1.29 is 0 Å². The van der Waals surface area contributed by atoms with Gasteiger partial charge in [-0.3, -0.25) is 0 Å². The molecule has 312 valence electrons. The molecule has 0 radical (unpaired) electrons. The van der Waals surface area contributed by atoms with Crippen molar-refractivity contribution in [2.24, 2.45) is 0 Å². The number of hydrogen-bond donors (Lipinski definition) is 0. The summed E-state index contributed by atoms with van der Waals surface area (Å²) in [6.45, 7) is 0. The molecule has 0 unspecified atom stereocenters. The molecule has 14 rings (SSSR count). The zero-order valence-electron chi connectivity index (χ0n) is 36.1. The molecule has 5 heteroatoms. The molecule has 2 aromatic heterocycles. The van der Waals surface area contributed by atoms with Crippen LogP contribution in [0.15, 0.2) is 240 Å². The molecule has 1 aliphatic heterocycles. The van der Waals surface area contributed by atoms with E-state index in [0.29, 0.717) is 17.5 Å². The lowest BCUT2D eigenvalue weighted by atomic mass is 9.67. The van der Waals surface area contributed by atoms with E-state index in [4.69, 9.17) is 15.0 Å². The second-order valence-corrected chi connectivity index (χ2v) is 18.5. The van der Waals surface area contributed by atoms with Crippen molar-refractivity contribution in [1.29, 1.82) is 0 Å². The van der Waals surface area contributed by atoms with Gasteiger partial charge in [-0.15, -0.1) is 0 Å². The van der Waals surface area contributed by atoms with Gasteiger partial charge < -0.3 is 4.57 Å². The third kappa shape index (κ3) is 5.65. The molecule has 0 N–H and O–H groups in total. The summed E-state index contributed by atoms with van der Waals surface area (Å²) in [5.41, 5.74) is 15.9. The highest BCUT2D eigenvalue weighted by molar-refractivity contribution is 7.99. The first kappa shape index (κ1) is 37.9. The fourth-order valence-corrected chi connectivity index (χ4v) is 12.4. The van der Waals surface area contributed by atoms with Crippen LogP contribution in [0.4, 0.5) is 0 Å². The summed E-state index contributed by atoms with van der Waals surface area (Å²) in [6, 6.07) is 83.3. The summed E-state index contributed by atoms with van der Waals surface area (Å²) in [7, 11) is 0. The molecule has 1 aliphatic carbocycles. The van der Waals surface area contributed by atoms with Gasteiger partial charge in [0, 0.05) is 42.9 Å². The van der Waals surface area contributed by atoms with E-state index >= 15 is 0 Å². The number of nitrogens with zero attached hydrogens (tertiary/aromatic N) is 4. The van der Waals surface area contributed by atoms with E-state index in [1.165, 1.54) is 75.8 Å². The number of hydrogen-bond acceptors (Lipinski definition) is 4. The van der Waals surface area contributed by atoms with Crippen LogP contribution < -0.4 is 0 Å². The summed E-state index contributed by atoms with van der Waals surface area (Å²) >= 11 is 1.90. The van der Waals surface area contributed by atoms with Crippen LogP contribution in [0.25, 0.3) is 94.7 Å². The molecule has 0 bridgehead atoms. The van der Waals surface area contributed by atoms with Crippen LogP contribution in [0.2, 0.25) is 0 Å². The maximum atomic E-state index is 5.24. The molecule has 3 heterocycles. The van der Waals surface area contributed by atoms with Crippen LogP contribution in [-0.2, 0) is 5.41 Å². The predicted molar refractivity (Wildman–Crippen MR) is 275 cm³/mol. The lowest BCUT2D eigenvalue weighted by molar-refractivity contribution is 0.724. The van der Waals surface area contributed by atoms with E-state index in [1.54, 1.807) is 0 Å². The molecule has 0 amide bonds. The summed E-state index contributed by atoms with van der Waals surface area (Å²) in [6.07, 6.45) is 0. The minimum atomic E-state index is -0.502. The third-order valence-electron chi connectivity index (χ3n) is 13.9. The van der Waals surface area contributed by atoms with Crippen molar-refractivity contribution in [3.8, 4) is 62.1 Å². The fourth-order valence-electron chi connectivity index (χ4n) is 11.0. The molecule has 10 aromatic carbocycles. The van der Waals surface area contributed by atoms with Gasteiger partial charge in [0.05, 0.1) is 16.4 Å². The van der Waals surface area contributed by atoms with Crippen LogP contribution in [0, 0.1) is 0 Å². The molecule has 2 aliphatic rings. The lowest BCUT2D eigenvalue weighted by Gasteiger charge is -2.40. The average molecular weight is 871 g/mol. The quantitative estimate of drug-likeness (QED) is 0.173. The Morgan fingerprint density at radius 3 is 1.66 bits per heavy atom. The predicted octanol–water partition coefficient (Wildman–Crippen LogP) is 15.6. The number of fused-ring (bicyclic) bond motifs is 15. The maximum Gasteiger partial charge on any atom is 0.164 e. The molecule has 0 fully saturated rings. The van der Waals surface area contributed by atoms with Crippen molar-refractivity contribution in [3.63, 3.8) is 0 Å². The molecule has 0 saturated carbocycles. The highest BCUT2D eigenvalue weighted by Crippen LogP contribution is 2.63. The second kappa shape index (κ2) is 14.8. The average Bonchev–Trinajstić information content (AvgIpc) is 3.91. The Kier molecular flexibility index (Phi) is 8.40. The van der Waals surface area contributed by atoms with Crippen LogP contribution >= 0.6 is 11.8 Å². The number of benzene rings is 10. The van der Waals surface area contributed by atoms with Crippen molar-refractivity contribution in [2.45, 2.75) is 15.2 Å². The second-order valence-electron chi connectivity index (χ2n) is 17.5. The normalized spacial score (nSPS) is 13.1. The van der Waals surface area contributed by atoms with E-state index in [0.717, 1.165) is 33.5 Å². The molecule has 67 heavy (non-hydrogen) atoms. The van der Waals surface area contributed by atoms with E-state index in [2.05, 4.69) is 211 Å². The van der Waals surface area contributed by atoms with Crippen LogP contribution in [0.3, 0.4) is 0 Å². The molecule has 1 spiro atoms. The SMILES string of the molecule is c1ccc(-c2ccc(-c3nc(-c4ccccc4)nc(-c4cccc(-n5c6ccc7ccccc7c6c6ccc7c(c65)Sc5ccccc5C75c6ccccc6-c6ccccc65)c4)n3)cc2)cc1. The first-order valence-corrected chi connectivity index (χ1v) is 23.6. The van der Waals surface area contributed by atoms with Gasteiger partial charge in [0.15, 0.2) is 17.5 Å². The van der Waals surface area contributed by atoms with Gasteiger partial charge in [-0.05, 0) is 79.5 Å². The lowest BCUT2D eigenvalue weighted by Crippen LogP contribution is -2.32. The largest absolute Gasteiger partial charge is 0.308 e. The molecular formula is C62H38N4S. The van der Waals surface area contributed by atoms with Gasteiger partial charge in [0.2, 0.25) is 0 Å². The topological polar surface area (TPSA) is 43.6 Å². The minimum absolute atomic E-state index is 0.502. The van der Waals surface area contributed by atoms with Gasteiger partial charge in [0.1, 0.15) is 0 Å². The molecular weight excluding hydrogens is 833 g/mol. The first-order valence-electron chi connectivity index (χ1n) is 22.8. The van der Waals surface area contributed by atoms with Gasteiger partial charge in [-0.1, -0.05) is 218 Å². The highest BCUT2D eigenvalue weighted by atomic mass is 32.2. The number of aromatic nitrogens is 4. The Balaban J connectivity index is 1.02. The van der Waals surface area contributed by atoms with Crippen molar-refractivity contribution >= 4 is 44.3 Å². The minimum Gasteiger partial charge on any atom is -0.308 e. The van der Waals surface area contributed by atoms with Crippen LogP contribution in [-0.4, -0.2) is 19.5 Å². The Bertz CT molecular complexity index is 3900. The summed E-state index contributed by atoms with van der Waals surface area (Å²) in [5, 5.41) is 4.93. The Labute approximate surface area is 391 Å². The first-order chi connectivity index (χ1) is 33.2. The standard InChI is InChI=1S/C62H38N4S/c1-3-16-39(17-4-1)40-30-32-43(33-31-40)60-63-59(42-19-5-2-6-20-42)64-61(65-60)44-21-15-22-45(38-44)66-54-37-34-41-18-7-8-23-46(41)56(54)49-35-36-53-58(57(49)66)67-55-29-14-13-28-52(55)62(53)50-26-11-9-24-47(50)48-25-10-12-27-51(48)62/h1-38H. The van der Waals surface area contributed by atoms with Crippen molar-refractivity contribution in [3.05, 3.63) is 253 Å². The van der Waals surface area contributed by atoms with Crippen LogP contribution in [0.1, 0.15) is 22.3 Å². The highest BCUT2D eigenvalue weighted by Gasteiger charge is 2.50. The van der Waals surface area contributed by atoms with E-state index < -0.39 is 5.41 Å². The maximum absolute atomic E-state index is 5.24. The molecule has 12 aromatic rings. The third-order valence-corrected chi connectivity index (χ3v) is 15.1. The summed E-state index contributed by atoms with van der Waals surface area (Å²) in [5.74, 6) is 1.88. The Morgan fingerprint density at radius 2 is 0.925 bits per heavy atom.